The van der Waals surface area contributed by atoms with E-state index in [-0.39, 0.29) is 0 Å². The van der Waals surface area contributed by atoms with Crippen LogP contribution in [0.2, 0.25) is 0 Å². The Kier molecular flexibility index (Phi) is 5.77. The molecule has 53 heavy (non-hydrogen) atoms. The number of hydrogen-bond acceptors (Lipinski definition) is 3. The second kappa shape index (κ2) is 10.7. The van der Waals surface area contributed by atoms with Gasteiger partial charge in [0.25, 0.3) is 0 Å². The highest BCUT2D eigenvalue weighted by Crippen LogP contribution is 2.50. The van der Waals surface area contributed by atoms with E-state index in [9.17, 15) is 0 Å². The molecule has 0 saturated heterocycles. The molecule has 0 spiro atoms. The normalized spacial score (nSPS) is 12.2. The molecule has 0 aliphatic carbocycles. The lowest BCUT2D eigenvalue weighted by molar-refractivity contribution is 0.668. The Morgan fingerprint density at radius 2 is 0.755 bits per heavy atom. The summed E-state index contributed by atoms with van der Waals surface area (Å²) in [5, 5.41) is 11.4. The van der Waals surface area contributed by atoms with Crippen LogP contribution in [0.5, 0.6) is 0 Å². The predicted octanol–water partition coefficient (Wildman–Crippen LogP) is 14.7. The third-order valence-electron chi connectivity index (χ3n) is 11.1. The quantitative estimate of drug-likeness (QED) is 0.175. The van der Waals surface area contributed by atoms with E-state index in [1.54, 1.807) is 0 Å². The molecule has 0 N–H and O–H groups in total. The molecule has 0 atom stereocenters. The fraction of sp³-hybridized carbons (Fsp3) is 0. The van der Waals surface area contributed by atoms with E-state index in [2.05, 4.69) is 140 Å². The van der Waals surface area contributed by atoms with Crippen molar-refractivity contribution in [1.82, 2.24) is 0 Å². The SMILES string of the molecule is c1ccc2c(c1)oc1cc(-c3c4ccccc4c(-c4ccc(-c5cccc6oc7ccccc7c56)c5oc6ccccc6c45)c4ccccc34)ccc12. The first-order valence-corrected chi connectivity index (χ1v) is 18.0. The van der Waals surface area contributed by atoms with Gasteiger partial charge >= 0.3 is 0 Å². The van der Waals surface area contributed by atoms with Crippen LogP contribution < -0.4 is 0 Å². The molecule has 0 fully saturated rings. The number of fused-ring (bicyclic) bond motifs is 11. The topological polar surface area (TPSA) is 39.4 Å². The monoisotopic (exact) mass is 676 g/mol. The Labute approximate surface area is 302 Å². The first kappa shape index (κ1) is 28.6. The van der Waals surface area contributed by atoms with Gasteiger partial charge in [0.2, 0.25) is 0 Å². The minimum absolute atomic E-state index is 0.866. The molecule has 12 aromatic rings. The molecule has 3 aromatic heterocycles. The van der Waals surface area contributed by atoms with Gasteiger partial charge in [0.1, 0.15) is 33.5 Å². The van der Waals surface area contributed by atoms with Gasteiger partial charge in [-0.05, 0) is 91.8 Å². The molecule has 9 aromatic carbocycles. The Balaban J connectivity index is 1.18. The first-order valence-electron chi connectivity index (χ1n) is 18.0. The van der Waals surface area contributed by atoms with Crippen molar-refractivity contribution >= 4 is 87.4 Å². The first-order chi connectivity index (χ1) is 26.3. The molecule has 3 nitrogen and oxygen atoms in total. The van der Waals surface area contributed by atoms with Gasteiger partial charge in [-0.3, -0.25) is 0 Å². The number of rotatable bonds is 3. The zero-order chi connectivity index (χ0) is 34.6. The van der Waals surface area contributed by atoms with Gasteiger partial charge in [0.15, 0.2) is 0 Å². The molecule has 3 heteroatoms. The van der Waals surface area contributed by atoms with Crippen molar-refractivity contribution in [2.45, 2.75) is 0 Å². The van der Waals surface area contributed by atoms with E-state index in [4.69, 9.17) is 13.3 Å². The van der Waals surface area contributed by atoms with Crippen LogP contribution in [-0.2, 0) is 0 Å². The molecule has 0 saturated carbocycles. The maximum Gasteiger partial charge on any atom is 0.143 e. The Morgan fingerprint density at radius 1 is 0.264 bits per heavy atom. The molecule has 0 unspecified atom stereocenters. The molecule has 0 aliphatic rings. The third kappa shape index (κ3) is 3.99. The number of benzene rings is 9. The maximum absolute atomic E-state index is 6.88. The molecule has 246 valence electrons. The van der Waals surface area contributed by atoms with Crippen LogP contribution in [0.25, 0.3) is 121 Å². The van der Waals surface area contributed by atoms with Crippen LogP contribution in [-0.4, -0.2) is 0 Å². The lowest BCUT2D eigenvalue weighted by atomic mass is 9.84. The van der Waals surface area contributed by atoms with E-state index in [0.29, 0.717) is 0 Å². The summed E-state index contributed by atoms with van der Waals surface area (Å²) in [6.45, 7) is 0. The van der Waals surface area contributed by atoms with Crippen LogP contribution in [0.15, 0.2) is 183 Å². The van der Waals surface area contributed by atoms with Crippen LogP contribution in [0.1, 0.15) is 0 Å². The van der Waals surface area contributed by atoms with Gasteiger partial charge in [0, 0.05) is 37.9 Å². The standard InChI is InChI=1S/C50H28O3/c1-3-15-34-32(13-1)46(29-24-25-31-30-12-5-8-20-41(30)52-45(31)28-29)33-14-2-4-16-35(33)47(34)40-27-26-37(50-49(40)39-18-7-10-22-43(39)53-50)36-19-11-23-44-48(36)38-17-6-9-21-42(38)51-44/h1-28H. The van der Waals surface area contributed by atoms with Crippen molar-refractivity contribution in [3.8, 4) is 33.4 Å². The van der Waals surface area contributed by atoms with Crippen LogP contribution >= 0.6 is 0 Å². The summed E-state index contributed by atoms with van der Waals surface area (Å²) in [5.41, 5.74) is 12.1. The lowest BCUT2D eigenvalue weighted by Gasteiger charge is -2.19. The van der Waals surface area contributed by atoms with Gasteiger partial charge < -0.3 is 13.3 Å². The van der Waals surface area contributed by atoms with E-state index >= 15 is 0 Å². The number of para-hydroxylation sites is 3. The average molecular weight is 677 g/mol. The van der Waals surface area contributed by atoms with Crippen molar-refractivity contribution in [3.63, 3.8) is 0 Å². The highest BCUT2D eigenvalue weighted by molar-refractivity contribution is 6.27. The van der Waals surface area contributed by atoms with Crippen molar-refractivity contribution in [2.75, 3.05) is 0 Å². The summed E-state index contributed by atoms with van der Waals surface area (Å²) in [4.78, 5) is 0. The fourth-order valence-electron chi connectivity index (χ4n) is 8.86. The van der Waals surface area contributed by atoms with Crippen LogP contribution in [0.3, 0.4) is 0 Å². The molecular formula is C50H28O3. The Morgan fingerprint density at radius 3 is 1.45 bits per heavy atom. The van der Waals surface area contributed by atoms with E-state index in [1.807, 2.05) is 30.3 Å². The van der Waals surface area contributed by atoms with Crippen molar-refractivity contribution in [3.05, 3.63) is 170 Å². The fourth-order valence-corrected chi connectivity index (χ4v) is 8.86. The smallest absolute Gasteiger partial charge is 0.143 e. The van der Waals surface area contributed by atoms with E-state index in [0.717, 1.165) is 88.1 Å². The summed E-state index contributed by atoms with van der Waals surface area (Å²) in [6, 6.07) is 60.1. The van der Waals surface area contributed by atoms with E-state index < -0.39 is 0 Å². The molecule has 12 rings (SSSR count). The summed E-state index contributed by atoms with van der Waals surface area (Å²) in [6.07, 6.45) is 0. The minimum Gasteiger partial charge on any atom is -0.456 e. The second-order valence-corrected chi connectivity index (χ2v) is 13.9. The predicted molar refractivity (Wildman–Crippen MR) is 220 cm³/mol. The largest absolute Gasteiger partial charge is 0.456 e. The average Bonchev–Trinajstić information content (AvgIpc) is 3.91. The highest BCUT2D eigenvalue weighted by atomic mass is 16.3. The third-order valence-corrected chi connectivity index (χ3v) is 11.1. The molecule has 0 radical (unpaired) electrons. The summed E-state index contributed by atoms with van der Waals surface area (Å²) >= 11 is 0. The molecule has 0 aliphatic heterocycles. The minimum atomic E-state index is 0.866. The lowest BCUT2D eigenvalue weighted by Crippen LogP contribution is -1.92. The van der Waals surface area contributed by atoms with Gasteiger partial charge in [0.05, 0.1) is 0 Å². The van der Waals surface area contributed by atoms with Crippen molar-refractivity contribution < 1.29 is 13.3 Å². The number of furan rings is 3. The van der Waals surface area contributed by atoms with Crippen molar-refractivity contribution in [2.24, 2.45) is 0 Å². The van der Waals surface area contributed by atoms with E-state index in [1.165, 1.54) is 32.7 Å². The Hall–Kier alpha value is -7.10. The Bertz CT molecular complexity index is 3410. The summed E-state index contributed by atoms with van der Waals surface area (Å²) in [5.74, 6) is 0. The second-order valence-electron chi connectivity index (χ2n) is 13.9. The highest BCUT2D eigenvalue weighted by Gasteiger charge is 2.24. The maximum atomic E-state index is 6.88. The molecule has 0 amide bonds. The summed E-state index contributed by atoms with van der Waals surface area (Å²) < 4.78 is 19.6. The molecular weight excluding hydrogens is 649 g/mol. The van der Waals surface area contributed by atoms with Gasteiger partial charge in [-0.25, -0.2) is 0 Å². The van der Waals surface area contributed by atoms with Gasteiger partial charge in [-0.2, -0.15) is 0 Å². The van der Waals surface area contributed by atoms with Crippen molar-refractivity contribution in [1.29, 1.82) is 0 Å². The van der Waals surface area contributed by atoms with Gasteiger partial charge in [-0.15, -0.1) is 0 Å². The van der Waals surface area contributed by atoms with Crippen LogP contribution in [0.4, 0.5) is 0 Å². The molecule has 3 heterocycles. The molecule has 0 bridgehead atoms. The number of hydrogen-bond donors (Lipinski definition) is 0. The summed E-state index contributed by atoms with van der Waals surface area (Å²) in [7, 11) is 0. The zero-order valence-electron chi connectivity index (χ0n) is 28.4. The zero-order valence-corrected chi connectivity index (χ0v) is 28.4. The van der Waals surface area contributed by atoms with Gasteiger partial charge in [-0.1, -0.05) is 127 Å². The van der Waals surface area contributed by atoms with Crippen LogP contribution in [0, 0.1) is 0 Å².